The smallest absolute Gasteiger partial charge is 0.230 e. The molecule has 0 amide bonds. The molecule has 4 N–H and O–H groups in total. The number of nitrogens with zero attached hydrogens (tertiary/aromatic N) is 1. The molecule has 0 unspecified atom stereocenters. The molecule has 0 bridgehead atoms. The van der Waals surface area contributed by atoms with Crippen LogP contribution in [0.25, 0.3) is 0 Å². The van der Waals surface area contributed by atoms with Crippen molar-refractivity contribution in [3.8, 4) is 0 Å². The van der Waals surface area contributed by atoms with Crippen LogP contribution in [0.3, 0.4) is 0 Å². The van der Waals surface area contributed by atoms with E-state index < -0.39 is 0 Å². The highest BCUT2D eigenvalue weighted by molar-refractivity contribution is 5.79. The molecule has 0 fully saturated rings. The van der Waals surface area contributed by atoms with E-state index in [1.54, 1.807) is 7.05 Å². The van der Waals surface area contributed by atoms with Crippen molar-refractivity contribution in [3.05, 3.63) is 0 Å². The second-order valence-electron chi connectivity index (χ2n) is 1.07. The van der Waals surface area contributed by atoms with Crippen LogP contribution in [-0.2, 0) is 0 Å². The Labute approximate surface area is 41.1 Å². The second-order valence-corrected chi connectivity index (χ2v) is 1.07. The van der Waals surface area contributed by atoms with Gasteiger partial charge in [0.05, 0.1) is 0 Å². The van der Waals surface area contributed by atoms with Gasteiger partial charge in [0, 0.05) is 7.05 Å². The fourth-order valence-corrected chi connectivity index (χ4v) is 0.317. The van der Waals surface area contributed by atoms with E-state index in [-0.39, 0.29) is 0 Å². The van der Waals surface area contributed by atoms with Gasteiger partial charge in [0.15, 0.2) is 0 Å². The largest absolute Gasteiger partial charge is 0.357 e. The number of rotatable bonds is 0. The van der Waals surface area contributed by atoms with Crippen molar-refractivity contribution in [3.63, 3.8) is 0 Å². The predicted octanol–water partition coefficient (Wildman–Crippen LogP) is -1.91. The Morgan fingerprint density at radius 3 is 2.86 bits per heavy atom. The van der Waals surface area contributed by atoms with Gasteiger partial charge in [-0.2, -0.15) is 0 Å². The number of nitrogens with one attached hydrogen (secondary N) is 4. The zero-order valence-corrected chi connectivity index (χ0v) is 3.95. The molecule has 0 aliphatic carbocycles. The van der Waals surface area contributed by atoms with Crippen LogP contribution in [0.1, 0.15) is 0 Å². The number of hydrazine groups is 2. The van der Waals surface area contributed by atoms with Crippen molar-refractivity contribution in [2.75, 3.05) is 7.05 Å². The average Bonchev–Trinajstić information content (AvgIpc) is 2.14. The van der Waals surface area contributed by atoms with Crippen LogP contribution in [0.2, 0.25) is 0 Å². The topological polar surface area (TPSA) is 60.5 Å². The van der Waals surface area contributed by atoms with Crippen molar-refractivity contribution < 1.29 is 0 Å². The van der Waals surface area contributed by atoms with Gasteiger partial charge in [-0.15, -0.1) is 10.6 Å². The molecule has 40 valence electrons. The van der Waals surface area contributed by atoms with Gasteiger partial charge in [-0.05, 0) is 0 Å². The highest BCUT2D eigenvalue weighted by Gasteiger charge is 1.96. The molecule has 0 aromatic heterocycles. The van der Waals surface area contributed by atoms with Gasteiger partial charge in [-0.25, -0.2) is 5.53 Å². The van der Waals surface area contributed by atoms with E-state index in [0.717, 1.165) is 0 Å². The van der Waals surface area contributed by atoms with Gasteiger partial charge in [0.1, 0.15) is 0 Å². The lowest BCUT2D eigenvalue weighted by molar-refractivity contribution is 0.575. The Hall–Kier alpha value is -0.970. The van der Waals surface area contributed by atoms with Crippen molar-refractivity contribution in [2.45, 2.75) is 0 Å². The summed E-state index contributed by atoms with van der Waals surface area (Å²) in [5, 5.41) is 6.47. The number of hydrogen-bond donors (Lipinski definition) is 4. The first-order valence-electron chi connectivity index (χ1n) is 1.95. The summed E-state index contributed by atoms with van der Waals surface area (Å²) >= 11 is 0. The molecule has 1 aliphatic rings. The fourth-order valence-electron chi connectivity index (χ4n) is 0.317. The average molecular weight is 101 g/mol. The van der Waals surface area contributed by atoms with Crippen LogP contribution >= 0.6 is 0 Å². The molecule has 0 spiro atoms. The van der Waals surface area contributed by atoms with E-state index >= 15 is 0 Å². The highest BCUT2D eigenvalue weighted by atomic mass is 15.8. The molecule has 5 nitrogen and oxygen atoms in total. The minimum Gasteiger partial charge on any atom is -0.357 e. The Morgan fingerprint density at radius 1 is 1.71 bits per heavy atom. The van der Waals surface area contributed by atoms with Crippen LogP contribution in [0.4, 0.5) is 0 Å². The molecule has 1 rings (SSSR count). The van der Waals surface area contributed by atoms with E-state index in [9.17, 15) is 0 Å². The zero-order valence-electron chi connectivity index (χ0n) is 3.95. The molecule has 1 heterocycles. The number of hydrogen-bond acceptors (Lipinski definition) is 5. The second kappa shape index (κ2) is 1.65. The molecule has 0 radical (unpaired) electrons. The summed E-state index contributed by atoms with van der Waals surface area (Å²) < 4.78 is 0. The van der Waals surface area contributed by atoms with Crippen LogP contribution in [0.15, 0.2) is 5.10 Å². The molecule has 7 heavy (non-hydrogen) atoms. The summed E-state index contributed by atoms with van der Waals surface area (Å²) in [4.78, 5) is 0. The lowest BCUT2D eigenvalue weighted by Gasteiger charge is -1.93. The summed E-state index contributed by atoms with van der Waals surface area (Å²) in [6, 6.07) is 0. The molecule has 5 heteroatoms. The van der Waals surface area contributed by atoms with Gasteiger partial charge in [-0.1, -0.05) is 0 Å². The Morgan fingerprint density at radius 2 is 2.57 bits per heavy atom. The monoisotopic (exact) mass is 101 g/mol. The van der Waals surface area contributed by atoms with Crippen molar-refractivity contribution >= 4 is 5.96 Å². The summed E-state index contributed by atoms with van der Waals surface area (Å²) in [6.07, 6.45) is 0. The summed E-state index contributed by atoms with van der Waals surface area (Å²) in [5.74, 6) is 0.694. The van der Waals surface area contributed by atoms with Gasteiger partial charge in [-0.3, -0.25) is 5.43 Å². The summed E-state index contributed by atoms with van der Waals surface area (Å²) in [6.45, 7) is 0. The lowest BCUT2D eigenvalue weighted by Crippen LogP contribution is -2.39. The molecule has 0 atom stereocenters. The van der Waals surface area contributed by atoms with Gasteiger partial charge in [0.25, 0.3) is 0 Å². The van der Waals surface area contributed by atoms with E-state index in [2.05, 4.69) is 26.9 Å². The van der Waals surface area contributed by atoms with Crippen molar-refractivity contribution in [1.82, 2.24) is 21.8 Å². The third-order valence-electron chi connectivity index (χ3n) is 0.641. The third-order valence-corrected chi connectivity index (χ3v) is 0.641. The van der Waals surface area contributed by atoms with Gasteiger partial charge < -0.3 is 5.32 Å². The summed E-state index contributed by atoms with van der Waals surface area (Å²) in [5.41, 5.74) is 7.73. The first-order valence-corrected chi connectivity index (χ1v) is 1.95. The summed E-state index contributed by atoms with van der Waals surface area (Å²) in [7, 11) is 1.78. The predicted molar refractivity (Wildman–Crippen MR) is 25.9 cm³/mol. The van der Waals surface area contributed by atoms with Crippen molar-refractivity contribution in [1.29, 1.82) is 0 Å². The number of hydrazone groups is 1. The molecular weight excluding hydrogens is 94.1 g/mol. The Bertz CT molecular complexity index is 86.1. The molecule has 0 saturated heterocycles. The Kier molecular flexibility index (Phi) is 0.991. The van der Waals surface area contributed by atoms with Crippen LogP contribution in [-0.4, -0.2) is 13.0 Å². The molecule has 0 saturated carbocycles. The maximum absolute atomic E-state index is 3.69. The normalized spacial score (nSPS) is 17.0. The number of guanidine groups is 1. The van der Waals surface area contributed by atoms with Gasteiger partial charge >= 0.3 is 0 Å². The fraction of sp³-hybridized carbons (Fsp3) is 0.500. The first kappa shape index (κ1) is 4.20. The van der Waals surface area contributed by atoms with Crippen LogP contribution in [0.5, 0.6) is 0 Å². The third kappa shape index (κ3) is 0.716. The molecule has 0 aromatic carbocycles. The standard InChI is InChI=1S/C2H7N5/c1-3-2-4-6-7-5-2/h6-7H,1H3,(H2,3,4,5). The quantitative estimate of drug-likeness (QED) is 0.287. The lowest BCUT2D eigenvalue weighted by atomic mass is 11.0. The molecule has 0 aromatic rings. The minimum absolute atomic E-state index is 0.694. The van der Waals surface area contributed by atoms with E-state index in [1.165, 1.54) is 0 Å². The maximum atomic E-state index is 3.69. The van der Waals surface area contributed by atoms with Gasteiger partial charge in [0.2, 0.25) is 5.96 Å². The maximum Gasteiger partial charge on any atom is 0.230 e. The first-order chi connectivity index (χ1) is 3.43. The van der Waals surface area contributed by atoms with Crippen molar-refractivity contribution in [2.24, 2.45) is 5.10 Å². The Balaban J connectivity index is 2.36. The van der Waals surface area contributed by atoms with E-state index in [1.807, 2.05) is 0 Å². The van der Waals surface area contributed by atoms with Crippen LogP contribution < -0.4 is 21.8 Å². The zero-order chi connectivity index (χ0) is 5.11. The molecular formula is C2H7N5. The highest BCUT2D eigenvalue weighted by Crippen LogP contribution is 1.62. The van der Waals surface area contributed by atoms with Crippen LogP contribution in [0, 0.1) is 0 Å². The SMILES string of the molecule is CNC1=NNNN1. The molecule has 1 aliphatic heterocycles. The minimum atomic E-state index is 0.694. The van der Waals surface area contributed by atoms with E-state index in [4.69, 9.17) is 0 Å². The van der Waals surface area contributed by atoms with E-state index in [0.29, 0.717) is 5.96 Å².